The Morgan fingerprint density at radius 2 is 1.70 bits per heavy atom. The van der Waals surface area contributed by atoms with E-state index in [1.165, 1.54) is 0 Å². The van der Waals surface area contributed by atoms with Crippen LogP contribution in [0.1, 0.15) is 31.1 Å². The molecule has 10 heteroatoms. The van der Waals surface area contributed by atoms with Gasteiger partial charge in [-0.05, 0) is 39.0 Å². The number of halogens is 2. The van der Waals surface area contributed by atoms with E-state index in [-0.39, 0.29) is 17.0 Å². The van der Waals surface area contributed by atoms with Crippen molar-refractivity contribution in [3.63, 3.8) is 0 Å². The smallest absolute Gasteiger partial charge is 0.263 e. The molecule has 0 saturated carbocycles. The summed E-state index contributed by atoms with van der Waals surface area (Å²) < 4.78 is 1.75. The van der Waals surface area contributed by atoms with Gasteiger partial charge in [-0.2, -0.15) is 10.1 Å². The van der Waals surface area contributed by atoms with Crippen molar-refractivity contribution in [2.75, 3.05) is 31.1 Å². The monoisotopic (exact) mass is 448 g/mol. The number of nitrogens with one attached hydrogen (secondary N) is 1. The van der Waals surface area contributed by atoms with Crippen LogP contribution in [-0.4, -0.2) is 56.7 Å². The fourth-order valence-corrected chi connectivity index (χ4v) is 4.05. The van der Waals surface area contributed by atoms with Crippen LogP contribution in [0.2, 0.25) is 10.0 Å². The Balaban J connectivity index is 1.55. The van der Waals surface area contributed by atoms with E-state index < -0.39 is 0 Å². The van der Waals surface area contributed by atoms with Gasteiger partial charge in [0.2, 0.25) is 5.95 Å². The molecule has 0 bridgehead atoms. The Morgan fingerprint density at radius 3 is 2.30 bits per heavy atom. The minimum Gasteiger partial charge on any atom is -0.339 e. The van der Waals surface area contributed by atoms with Crippen molar-refractivity contribution in [3.8, 4) is 0 Å². The quantitative estimate of drug-likeness (QED) is 0.650. The maximum Gasteiger partial charge on any atom is 0.263 e. The topological polar surface area (TPSA) is 87.1 Å². The number of hydrogen-bond acceptors (Lipinski definition) is 5. The van der Waals surface area contributed by atoms with E-state index in [1.54, 1.807) is 34.0 Å². The van der Waals surface area contributed by atoms with E-state index in [1.807, 2.05) is 25.7 Å². The first-order valence-electron chi connectivity index (χ1n) is 9.62. The van der Waals surface area contributed by atoms with Crippen molar-refractivity contribution >= 4 is 46.1 Å². The summed E-state index contributed by atoms with van der Waals surface area (Å²) in [5, 5.41) is 5.65. The molecule has 0 radical (unpaired) electrons. The lowest BCUT2D eigenvalue weighted by Crippen LogP contribution is -2.49. The molecule has 0 aliphatic carbocycles. The molecular weight excluding hydrogens is 427 g/mol. The summed E-state index contributed by atoms with van der Waals surface area (Å²) in [6.07, 6.45) is 1.54. The van der Waals surface area contributed by atoms with Crippen LogP contribution in [0.4, 0.5) is 5.95 Å². The summed E-state index contributed by atoms with van der Waals surface area (Å²) in [5.74, 6) is 0.359. The molecule has 1 aliphatic heterocycles. The van der Waals surface area contributed by atoms with Gasteiger partial charge in [-0.1, -0.05) is 23.2 Å². The van der Waals surface area contributed by atoms with Crippen molar-refractivity contribution in [2.45, 2.75) is 26.3 Å². The first kappa shape index (κ1) is 20.7. The lowest BCUT2D eigenvalue weighted by molar-refractivity contribution is 0.0746. The average molecular weight is 449 g/mol. The third-order valence-electron chi connectivity index (χ3n) is 5.04. The van der Waals surface area contributed by atoms with Crippen molar-refractivity contribution in [2.24, 2.45) is 0 Å². The van der Waals surface area contributed by atoms with Gasteiger partial charge in [0, 0.05) is 41.8 Å². The van der Waals surface area contributed by atoms with Gasteiger partial charge in [-0.25, -0.2) is 4.68 Å². The molecule has 1 aromatic carbocycles. The lowest BCUT2D eigenvalue weighted by Gasteiger charge is -2.35. The Hall–Kier alpha value is -2.58. The Labute approximate surface area is 183 Å². The van der Waals surface area contributed by atoms with Gasteiger partial charge in [0.25, 0.3) is 11.5 Å². The first-order valence-corrected chi connectivity index (χ1v) is 10.4. The number of rotatable bonds is 2. The van der Waals surface area contributed by atoms with E-state index in [0.717, 1.165) is 0 Å². The van der Waals surface area contributed by atoms with E-state index in [4.69, 9.17) is 23.2 Å². The molecule has 1 saturated heterocycles. The van der Waals surface area contributed by atoms with Gasteiger partial charge in [0.15, 0.2) is 5.65 Å². The second kappa shape index (κ2) is 7.59. The highest BCUT2D eigenvalue weighted by Crippen LogP contribution is 2.22. The number of fused-ring (bicyclic) bond motifs is 1. The van der Waals surface area contributed by atoms with Crippen LogP contribution in [0.15, 0.2) is 29.2 Å². The van der Waals surface area contributed by atoms with Gasteiger partial charge in [0.1, 0.15) is 5.39 Å². The second-order valence-electron chi connectivity index (χ2n) is 8.29. The van der Waals surface area contributed by atoms with Crippen LogP contribution in [0.5, 0.6) is 0 Å². The lowest BCUT2D eigenvalue weighted by atomic mass is 10.1. The number of amides is 1. The molecule has 2 aromatic heterocycles. The summed E-state index contributed by atoms with van der Waals surface area (Å²) in [4.78, 5) is 36.6. The summed E-state index contributed by atoms with van der Waals surface area (Å²) in [7, 11) is 0. The van der Waals surface area contributed by atoms with E-state index in [0.29, 0.717) is 58.8 Å². The van der Waals surface area contributed by atoms with Gasteiger partial charge in [0.05, 0.1) is 11.7 Å². The third-order valence-corrected chi connectivity index (χ3v) is 5.47. The molecule has 1 amide bonds. The number of nitrogens with zero attached hydrogens (tertiary/aromatic N) is 5. The van der Waals surface area contributed by atoms with E-state index in [2.05, 4.69) is 15.1 Å². The SMILES string of the molecule is CC(C)(C)n1ncc2c(=O)[nH]c(N3CCN(C(=O)c4cc(Cl)cc(Cl)c4)CC3)nc21. The van der Waals surface area contributed by atoms with Crippen molar-refractivity contribution in [3.05, 3.63) is 50.4 Å². The molecule has 3 aromatic rings. The molecule has 1 aliphatic rings. The minimum atomic E-state index is -0.302. The molecule has 0 atom stereocenters. The maximum absolute atomic E-state index is 12.8. The van der Waals surface area contributed by atoms with Crippen LogP contribution in [0.3, 0.4) is 0 Å². The molecule has 3 heterocycles. The van der Waals surface area contributed by atoms with Crippen LogP contribution in [0.25, 0.3) is 11.0 Å². The van der Waals surface area contributed by atoms with Crippen molar-refractivity contribution in [1.82, 2.24) is 24.6 Å². The zero-order valence-corrected chi connectivity index (χ0v) is 18.5. The second-order valence-corrected chi connectivity index (χ2v) is 9.16. The molecule has 0 spiro atoms. The van der Waals surface area contributed by atoms with Gasteiger partial charge in [-0.3, -0.25) is 14.6 Å². The molecule has 4 rings (SSSR count). The number of carbonyl (C=O) groups excluding carboxylic acids is 1. The standard InChI is InChI=1S/C20H22Cl2N6O2/c1-20(2,3)28-16-15(11-23-28)17(29)25-19(24-16)27-6-4-26(5-7-27)18(30)12-8-13(21)10-14(22)9-12/h8-11H,4-7H2,1-3H3,(H,24,25,29). The van der Waals surface area contributed by atoms with Crippen LogP contribution in [0, 0.1) is 0 Å². The highest BCUT2D eigenvalue weighted by molar-refractivity contribution is 6.35. The number of carbonyl (C=O) groups is 1. The number of anilines is 1. The van der Waals surface area contributed by atoms with Crippen LogP contribution >= 0.6 is 23.2 Å². The first-order chi connectivity index (χ1) is 14.1. The Morgan fingerprint density at radius 1 is 1.07 bits per heavy atom. The fraction of sp³-hybridized carbons (Fsp3) is 0.400. The highest BCUT2D eigenvalue weighted by Gasteiger charge is 2.26. The summed E-state index contributed by atoms with van der Waals surface area (Å²) in [6, 6.07) is 4.82. The van der Waals surface area contributed by atoms with E-state index in [9.17, 15) is 9.59 Å². The average Bonchev–Trinajstić information content (AvgIpc) is 3.12. The normalized spacial score (nSPS) is 15.1. The molecule has 1 fully saturated rings. The number of H-pyrrole nitrogens is 1. The molecular formula is C20H22Cl2N6O2. The summed E-state index contributed by atoms with van der Waals surface area (Å²) in [5.41, 5.74) is 0.484. The predicted molar refractivity (Wildman–Crippen MR) is 118 cm³/mol. The fourth-order valence-electron chi connectivity index (χ4n) is 3.53. The number of benzene rings is 1. The molecule has 30 heavy (non-hydrogen) atoms. The summed E-state index contributed by atoms with van der Waals surface area (Å²) in [6.45, 7) is 8.08. The maximum atomic E-state index is 12.8. The number of aromatic nitrogens is 4. The van der Waals surface area contributed by atoms with E-state index >= 15 is 0 Å². The van der Waals surface area contributed by atoms with Gasteiger partial charge in [-0.15, -0.1) is 0 Å². The number of aromatic amines is 1. The Bertz CT molecular complexity index is 1150. The molecule has 8 nitrogen and oxygen atoms in total. The van der Waals surface area contributed by atoms with Crippen LogP contribution in [-0.2, 0) is 5.54 Å². The third kappa shape index (κ3) is 3.89. The Kier molecular flexibility index (Phi) is 5.23. The molecule has 1 N–H and O–H groups in total. The largest absolute Gasteiger partial charge is 0.339 e. The number of hydrogen-bond donors (Lipinski definition) is 1. The predicted octanol–water partition coefficient (Wildman–Crippen LogP) is 3.14. The van der Waals surface area contributed by atoms with Gasteiger partial charge >= 0.3 is 0 Å². The van der Waals surface area contributed by atoms with Crippen molar-refractivity contribution in [1.29, 1.82) is 0 Å². The molecule has 158 valence electrons. The number of piperazine rings is 1. The summed E-state index contributed by atoms with van der Waals surface area (Å²) >= 11 is 12.0. The zero-order chi connectivity index (χ0) is 21.6. The van der Waals surface area contributed by atoms with Gasteiger partial charge < -0.3 is 9.80 Å². The highest BCUT2D eigenvalue weighted by atomic mass is 35.5. The van der Waals surface area contributed by atoms with Crippen LogP contribution < -0.4 is 10.5 Å². The minimum absolute atomic E-state index is 0.123. The zero-order valence-electron chi connectivity index (χ0n) is 16.9. The molecule has 0 unspecified atom stereocenters. The van der Waals surface area contributed by atoms with Crippen molar-refractivity contribution < 1.29 is 4.79 Å².